The van der Waals surface area contributed by atoms with Crippen molar-refractivity contribution in [3.8, 4) is 0 Å². The van der Waals surface area contributed by atoms with Crippen LogP contribution in [0.4, 0.5) is 14.5 Å². The van der Waals surface area contributed by atoms with Crippen LogP contribution in [0.25, 0.3) is 10.9 Å². The lowest BCUT2D eigenvalue weighted by Crippen LogP contribution is -2.08. The van der Waals surface area contributed by atoms with Crippen molar-refractivity contribution in [1.82, 2.24) is 4.98 Å². The largest absolute Gasteiger partial charge is 0.465 e. The van der Waals surface area contributed by atoms with Crippen molar-refractivity contribution in [3.63, 3.8) is 0 Å². The van der Waals surface area contributed by atoms with Gasteiger partial charge >= 0.3 is 5.97 Å². The van der Waals surface area contributed by atoms with Gasteiger partial charge < -0.3 is 10.1 Å². The molecule has 0 atom stereocenters. The van der Waals surface area contributed by atoms with E-state index in [2.05, 4.69) is 15.0 Å². The van der Waals surface area contributed by atoms with E-state index < -0.39 is 17.6 Å². The molecule has 0 saturated heterocycles. The van der Waals surface area contributed by atoms with Gasteiger partial charge in [0.1, 0.15) is 22.7 Å². The number of pyridine rings is 1. The number of halogens is 2. The molecular formula is C12H10F2N2O2. The number of hydrogen-bond donors (Lipinski definition) is 1. The molecule has 18 heavy (non-hydrogen) atoms. The molecule has 0 spiro atoms. The molecule has 0 bridgehead atoms. The molecule has 1 aromatic heterocycles. The second kappa shape index (κ2) is 4.56. The third-order valence-electron chi connectivity index (χ3n) is 2.58. The molecule has 0 saturated carbocycles. The van der Waals surface area contributed by atoms with E-state index in [4.69, 9.17) is 0 Å². The lowest BCUT2D eigenvalue weighted by molar-refractivity contribution is 0.0601. The Morgan fingerprint density at radius 2 is 2.00 bits per heavy atom. The van der Waals surface area contributed by atoms with E-state index in [1.54, 1.807) is 0 Å². The predicted octanol–water partition coefficient (Wildman–Crippen LogP) is 2.34. The van der Waals surface area contributed by atoms with Crippen LogP contribution in [0.15, 0.2) is 18.3 Å². The number of rotatable bonds is 2. The number of nitrogens with one attached hydrogen (secondary N) is 1. The zero-order valence-electron chi connectivity index (χ0n) is 9.75. The van der Waals surface area contributed by atoms with E-state index in [-0.39, 0.29) is 22.2 Å². The molecule has 1 aromatic carbocycles. The molecule has 1 heterocycles. The molecule has 94 valence electrons. The van der Waals surface area contributed by atoms with Crippen molar-refractivity contribution >= 4 is 22.6 Å². The fourth-order valence-corrected chi connectivity index (χ4v) is 1.76. The predicted molar refractivity (Wildman–Crippen MR) is 62.5 cm³/mol. The van der Waals surface area contributed by atoms with E-state index >= 15 is 0 Å². The Morgan fingerprint density at radius 3 is 2.61 bits per heavy atom. The summed E-state index contributed by atoms with van der Waals surface area (Å²) in [5.74, 6) is -1.98. The average molecular weight is 252 g/mol. The Bertz CT molecular complexity index is 629. The van der Waals surface area contributed by atoms with Crippen LogP contribution in [0.2, 0.25) is 0 Å². The van der Waals surface area contributed by atoms with Crippen LogP contribution in [0.3, 0.4) is 0 Å². The standard InChI is InChI=1S/C12H10F2N2O2/c1-15-10-6(12(17)18-2)5-16-11-8(14)4-3-7(13)9(10)11/h3-5H,1-2H3,(H,15,16). The van der Waals surface area contributed by atoms with Crippen LogP contribution in [0, 0.1) is 11.6 Å². The number of fused-ring (bicyclic) bond motifs is 1. The van der Waals surface area contributed by atoms with Gasteiger partial charge in [-0.2, -0.15) is 0 Å². The Hall–Kier alpha value is -2.24. The van der Waals surface area contributed by atoms with Gasteiger partial charge in [0.15, 0.2) is 0 Å². The van der Waals surface area contributed by atoms with E-state index in [0.29, 0.717) is 0 Å². The quantitative estimate of drug-likeness (QED) is 0.833. The van der Waals surface area contributed by atoms with Gasteiger partial charge in [0, 0.05) is 13.2 Å². The maximum absolute atomic E-state index is 13.8. The number of nitrogens with zero attached hydrogens (tertiary/aromatic N) is 1. The summed E-state index contributed by atoms with van der Waals surface area (Å²) >= 11 is 0. The van der Waals surface area contributed by atoms with Crippen LogP contribution in [0.1, 0.15) is 10.4 Å². The third-order valence-corrected chi connectivity index (χ3v) is 2.58. The summed E-state index contributed by atoms with van der Waals surface area (Å²) in [6.07, 6.45) is 1.16. The van der Waals surface area contributed by atoms with Gasteiger partial charge in [-0.15, -0.1) is 0 Å². The minimum atomic E-state index is -0.669. The topological polar surface area (TPSA) is 51.2 Å². The number of ether oxygens (including phenoxy) is 1. The highest BCUT2D eigenvalue weighted by Crippen LogP contribution is 2.29. The summed E-state index contributed by atoms with van der Waals surface area (Å²) in [6.45, 7) is 0. The minimum Gasteiger partial charge on any atom is -0.465 e. The van der Waals surface area contributed by atoms with Crippen molar-refractivity contribution in [2.75, 3.05) is 19.5 Å². The Kier molecular flexibility index (Phi) is 3.10. The highest BCUT2D eigenvalue weighted by molar-refractivity contribution is 6.05. The second-order valence-corrected chi connectivity index (χ2v) is 3.54. The highest BCUT2D eigenvalue weighted by Gasteiger charge is 2.19. The minimum absolute atomic E-state index is 0.0528. The van der Waals surface area contributed by atoms with Crippen LogP contribution < -0.4 is 5.32 Å². The van der Waals surface area contributed by atoms with Crippen molar-refractivity contribution in [3.05, 3.63) is 35.5 Å². The highest BCUT2D eigenvalue weighted by atomic mass is 19.1. The molecule has 2 rings (SSSR count). The monoisotopic (exact) mass is 252 g/mol. The molecule has 0 aliphatic heterocycles. The number of esters is 1. The smallest absolute Gasteiger partial charge is 0.341 e. The average Bonchev–Trinajstić information content (AvgIpc) is 2.40. The van der Waals surface area contributed by atoms with Gasteiger partial charge in [-0.25, -0.2) is 13.6 Å². The molecule has 0 fully saturated rings. The summed E-state index contributed by atoms with van der Waals surface area (Å²) in [7, 11) is 2.71. The summed E-state index contributed by atoms with van der Waals surface area (Å²) in [6, 6.07) is 1.98. The van der Waals surface area contributed by atoms with Crippen molar-refractivity contribution in [2.45, 2.75) is 0 Å². The Balaban J connectivity index is 2.87. The third kappa shape index (κ3) is 1.75. The number of anilines is 1. The molecule has 0 aliphatic rings. The molecule has 1 N–H and O–H groups in total. The van der Waals surface area contributed by atoms with E-state index in [1.165, 1.54) is 14.2 Å². The molecule has 0 radical (unpaired) electrons. The fraction of sp³-hybridized carbons (Fsp3) is 0.167. The zero-order chi connectivity index (χ0) is 13.3. The summed E-state index contributed by atoms with van der Waals surface area (Å²) in [5.41, 5.74) is 0.0767. The van der Waals surface area contributed by atoms with Crippen molar-refractivity contribution < 1.29 is 18.3 Å². The van der Waals surface area contributed by atoms with Crippen LogP contribution in [-0.4, -0.2) is 25.1 Å². The van der Waals surface area contributed by atoms with Crippen molar-refractivity contribution in [1.29, 1.82) is 0 Å². The molecule has 2 aromatic rings. The molecule has 0 amide bonds. The molecule has 6 heteroatoms. The zero-order valence-corrected chi connectivity index (χ0v) is 9.75. The summed E-state index contributed by atoms with van der Waals surface area (Å²) in [4.78, 5) is 15.3. The molecular weight excluding hydrogens is 242 g/mol. The first kappa shape index (κ1) is 12.2. The van der Waals surface area contributed by atoms with Gasteiger partial charge in [-0.3, -0.25) is 4.98 Å². The van der Waals surface area contributed by atoms with Crippen molar-refractivity contribution in [2.24, 2.45) is 0 Å². The van der Waals surface area contributed by atoms with E-state index in [0.717, 1.165) is 18.3 Å². The van der Waals surface area contributed by atoms with Gasteiger partial charge in [-0.05, 0) is 12.1 Å². The van der Waals surface area contributed by atoms with E-state index in [9.17, 15) is 13.6 Å². The molecule has 0 aliphatic carbocycles. The number of benzene rings is 1. The fourth-order valence-electron chi connectivity index (χ4n) is 1.76. The van der Waals surface area contributed by atoms with E-state index in [1.807, 2.05) is 0 Å². The lowest BCUT2D eigenvalue weighted by Gasteiger charge is -2.11. The summed E-state index contributed by atoms with van der Waals surface area (Å²) < 4.78 is 31.8. The number of aromatic nitrogens is 1. The van der Waals surface area contributed by atoms with Crippen LogP contribution >= 0.6 is 0 Å². The van der Waals surface area contributed by atoms with Gasteiger partial charge in [0.2, 0.25) is 0 Å². The van der Waals surface area contributed by atoms with Crippen LogP contribution in [-0.2, 0) is 4.74 Å². The first-order chi connectivity index (χ1) is 8.60. The van der Waals surface area contributed by atoms with Gasteiger partial charge in [0.05, 0.1) is 18.2 Å². The van der Waals surface area contributed by atoms with Crippen LogP contribution in [0.5, 0.6) is 0 Å². The number of hydrogen-bond acceptors (Lipinski definition) is 4. The van der Waals surface area contributed by atoms with Gasteiger partial charge in [-0.1, -0.05) is 0 Å². The Labute approximate surface area is 102 Å². The maximum Gasteiger partial charge on any atom is 0.341 e. The second-order valence-electron chi connectivity index (χ2n) is 3.54. The maximum atomic E-state index is 13.8. The van der Waals surface area contributed by atoms with Gasteiger partial charge in [0.25, 0.3) is 0 Å². The molecule has 4 nitrogen and oxygen atoms in total. The normalized spacial score (nSPS) is 10.4. The molecule has 0 unspecified atom stereocenters. The summed E-state index contributed by atoms with van der Waals surface area (Å²) in [5, 5.41) is 2.61. The number of carbonyl (C=O) groups excluding carboxylic acids is 1. The number of methoxy groups -OCH3 is 1. The first-order valence-electron chi connectivity index (χ1n) is 5.13. The first-order valence-corrected chi connectivity index (χ1v) is 5.13. The lowest BCUT2D eigenvalue weighted by atomic mass is 10.1. The Morgan fingerprint density at radius 1 is 1.33 bits per heavy atom. The SMILES string of the molecule is CNc1c(C(=O)OC)cnc2c(F)ccc(F)c12. The number of carbonyl (C=O) groups is 1.